The van der Waals surface area contributed by atoms with Crippen molar-refractivity contribution in [2.45, 2.75) is 11.9 Å². The molecule has 0 bridgehead atoms. The van der Waals surface area contributed by atoms with Crippen molar-refractivity contribution >= 4 is 10.0 Å². The fourth-order valence-corrected chi connectivity index (χ4v) is 2.15. The van der Waals surface area contributed by atoms with Crippen molar-refractivity contribution in [2.24, 2.45) is 0 Å². The monoisotopic (exact) mass is 215 g/mol. The highest BCUT2D eigenvalue weighted by atomic mass is 32.2. The SMILES string of the molecule is C=C(C)CN(C)S(=O)(=O)c1ccn[nH]1. The minimum atomic E-state index is -3.44. The molecule has 0 atom stereocenters. The second-order valence-corrected chi connectivity index (χ2v) is 5.15. The molecule has 0 aromatic carbocycles. The van der Waals surface area contributed by atoms with Gasteiger partial charge in [-0.15, -0.1) is 0 Å². The Hall–Kier alpha value is -1.14. The smallest absolute Gasteiger partial charge is 0.260 e. The van der Waals surface area contributed by atoms with E-state index in [0.717, 1.165) is 5.57 Å². The zero-order valence-corrected chi connectivity index (χ0v) is 9.00. The number of sulfonamides is 1. The molecular weight excluding hydrogens is 202 g/mol. The Morgan fingerprint density at radius 1 is 1.71 bits per heavy atom. The average Bonchev–Trinajstić information content (AvgIpc) is 2.54. The van der Waals surface area contributed by atoms with E-state index in [2.05, 4.69) is 16.8 Å². The van der Waals surface area contributed by atoms with Crippen LogP contribution < -0.4 is 0 Å². The van der Waals surface area contributed by atoms with Crippen LogP contribution in [0, 0.1) is 0 Å². The molecule has 0 aliphatic carbocycles. The molecule has 1 aromatic rings. The summed E-state index contributed by atoms with van der Waals surface area (Å²) in [7, 11) is -1.93. The summed E-state index contributed by atoms with van der Waals surface area (Å²) in [5.74, 6) is 0. The number of rotatable bonds is 4. The Morgan fingerprint density at radius 2 is 2.36 bits per heavy atom. The van der Waals surface area contributed by atoms with Gasteiger partial charge < -0.3 is 0 Å². The summed E-state index contributed by atoms with van der Waals surface area (Å²) in [6.45, 7) is 5.74. The van der Waals surface area contributed by atoms with E-state index in [4.69, 9.17) is 0 Å². The topological polar surface area (TPSA) is 66.1 Å². The highest BCUT2D eigenvalue weighted by Gasteiger charge is 2.21. The third-order valence-electron chi connectivity index (χ3n) is 1.66. The molecule has 1 N–H and O–H groups in total. The number of aromatic nitrogens is 2. The van der Waals surface area contributed by atoms with Crippen molar-refractivity contribution in [2.75, 3.05) is 13.6 Å². The lowest BCUT2D eigenvalue weighted by Gasteiger charge is -2.15. The van der Waals surface area contributed by atoms with Crippen LogP contribution >= 0.6 is 0 Å². The largest absolute Gasteiger partial charge is 0.266 e. The standard InChI is InChI=1S/C8H13N3O2S/c1-7(2)6-11(3)14(12,13)8-4-5-9-10-8/h4-5H,1,6H2,2-3H3,(H,9,10). The van der Waals surface area contributed by atoms with Crippen molar-refractivity contribution < 1.29 is 8.42 Å². The van der Waals surface area contributed by atoms with Crippen LogP contribution in [-0.4, -0.2) is 36.5 Å². The molecule has 6 heteroatoms. The van der Waals surface area contributed by atoms with Gasteiger partial charge in [0.15, 0.2) is 5.03 Å². The predicted molar refractivity (Wildman–Crippen MR) is 53.2 cm³/mol. The molecule has 0 amide bonds. The maximum atomic E-state index is 11.7. The molecule has 0 aliphatic heterocycles. The minimum absolute atomic E-state index is 0.0984. The van der Waals surface area contributed by atoms with Gasteiger partial charge in [0.2, 0.25) is 0 Å². The average molecular weight is 215 g/mol. The number of likely N-dealkylation sites (N-methyl/N-ethyl adjacent to an activating group) is 1. The van der Waals surface area contributed by atoms with E-state index in [1.165, 1.54) is 23.6 Å². The first kappa shape index (κ1) is 10.9. The Balaban J connectivity index is 2.92. The first-order valence-electron chi connectivity index (χ1n) is 4.04. The third-order valence-corrected chi connectivity index (χ3v) is 3.39. The first-order chi connectivity index (χ1) is 6.44. The zero-order chi connectivity index (χ0) is 10.8. The summed E-state index contributed by atoms with van der Waals surface area (Å²) in [6.07, 6.45) is 1.40. The Kier molecular flexibility index (Phi) is 3.07. The van der Waals surface area contributed by atoms with Gasteiger partial charge in [-0.2, -0.15) is 9.40 Å². The van der Waals surface area contributed by atoms with E-state index in [-0.39, 0.29) is 5.03 Å². The molecule has 1 aromatic heterocycles. The molecule has 1 heterocycles. The zero-order valence-electron chi connectivity index (χ0n) is 8.19. The van der Waals surface area contributed by atoms with Crippen molar-refractivity contribution in [1.82, 2.24) is 14.5 Å². The van der Waals surface area contributed by atoms with Gasteiger partial charge in [0, 0.05) is 13.6 Å². The van der Waals surface area contributed by atoms with E-state index in [9.17, 15) is 8.42 Å². The molecule has 0 spiro atoms. The third kappa shape index (κ3) is 2.21. The van der Waals surface area contributed by atoms with Crippen LogP contribution in [0.5, 0.6) is 0 Å². The van der Waals surface area contributed by atoms with Gasteiger partial charge in [-0.05, 0) is 13.0 Å². The molecule has 78 valence electrons. The van der Waals surface area contributed by atoms with Gasteiger partial charge >= 0.3 is 0 Å². The molecule has 14 heavy (non-hydrogen) atoms. The second kappa shape index (κ2) is 3.93. The lowest BCUT2D eigenvalue weighted by Crippen LogP contribution is -2.28. The quantitative estimate of drug-likeness (QED) is 0.748. The second-order valence-electron chi connectivity index (χ2n) is 3.14. The van der Waals surface area contributed by atoms with E-state index < -0.39 is 10.0 Å². The van der Waals surface area contributed by atoms with Gasteiger partial charge in [-0.25, -0.2) is 8.42 Å². The van der Waals surface area contributed by atoms with Crippen LogP contribution in [0.25, 0.3) is 0 Å². The molecule has 1 rings (SSSR count). The Morgan fingerprint density at radius 3 is 2.79 bits per heavy atom. The summed E-state index contributed by atoms with van der Waals surface area (Å²) in [6, 6.07) is 1.42. The van der Waals surface area contributed by atoms with Gasteiger partial charge in [-0.1, -0.05) is 12.2 Å². The van der Waals surface area contributed by atoms with Crippen molar-refractivity contribution in [3.05, 3.63) is 24.4 Å². The van der Waals surface area contributed by atoms with Crippen molar-refractivity contribution in [1.29, 1.82) is 0 Å². The molecule has 0 aliphatic rings. The number of nitrogens with zero attached hydrogens (tertiary/aromatic N) is 2. The van der Waals surface area contributed by atoms with Crippen LogP contribution in [0.4, 0.5) is 0 Å². The summed E-state index contributed by atoms with van der Waals surface area (Å²) in [4.78, 5) is 0. The normalized spacial score (nSPS) is 11.9. The molecular formula is C8H13N3O2S. The fourth-order valence-electron chi connectivity index (χ4n) is 1.02. The van der Waals surface area contributed by atoms with E-state index in [1.54, 1.807) is 6.92 Å². The summed E-state index contributed by atoms with van der Waals surface area (Å²) < 4.78 is 24.7. The molecule has 0 fully saturated rings. The number of aromatic amines is 1. The van der Waals surface area contributed by atoms with Crippen LogP contribution in [0.3, 0.4) is 0 Å². The minimum Gasteiger partial charge on any atom is -0.266 e. The van der Waals surface area contributed by atoms with Crippen LogP contribution in [0.15, 0.2) is 29.4 Å². The highest BCUT2D eigenvalue weighted by Crippen LogP contribution is 2.10. The highest BCUT2D eigenvalue weighted by molar-refractivity contribution is 7.89. The van der Waals surface area contributed by atoms with Gasteiger partial charge in [0.25, 0.3) is 10.0 Å². The number of hydrogen-bond acceptors (Lipinski definition) is 3. The first-order valence-corrected chi connectivity index (χ1v) is 5.48. The van der Waals surface area contributed by atoms with E-state index >= 15 is 0 Å². The number of nitrogens with one attached hydrogen (secondary N) is 1. The van der Waals surface area contributed by atoms with Crippen LogP contribution in [0.2, 0.25) is 0 Å². The Labute approximate surface area is 83.5 Å². The van der Waals surface area contributed by atoms with Crippen LogP contribution in [-0.2, 0) is 10.0 Å². The molecule has 0 unspecified atom stereocenters. The number of hydrogen-bond donors (Lipinski definition) is 1. The molecule has 0 saturated carbocycles. The van der Waals surface area contributed by atoms with E-state index in [0.29, 0.717) is 6.54 Å². The van der Waals surface area contributed by atoms with Gasteiger partial charge in [0.05, 0.1) is 6.20 Å². The lowest BCUT2D eigenvalue weighted by atomic mass is 10.4. The van der Waals surface area contributed by atoms with Gasteiger partial charge in [-0.3, -0.25) is 5.10 Å². The summed E-state index contributed by atoms with van der Waals surface area (Å²) in [5, 5.41) is 6.12. The molecule has 0 radical (unpaired) electrons. The predicted octanol–water partition coefficient (Wildman–Crippen LogP) is 0.606. The van der Waals surface area contributed by atoms with Crippen molar-refractivity contribution in [3.8, 4) is 0 Å². The maximum absolute atomic E-state index is 11.7. The van der Waals surface area contributed by atoms with E-state index in [1.807, 2.05) is 0 Å². The lowest BCUT2D eigenvalue weighted by molar-refractivity contribution is 0.489. The number of H-pyrrole nitrogens is 1. The molecule has 5 nitrogen and oxygen atoms in total. The summed E-state index contributed by atoms with van der Waals surface area (Å²) >= 11 is 0. The molecule has 0 saturated heterocycles. The van der Waals surface area contributed by atoms with Crippen LogP contribution in [0.1, 0.15) is 6.92 Å². The van der Waals surface area contributed by atoms with Crippen molar-refractivity contribution in [3.63, 3.8) is 0 Å². The fraction of sp³-hybridized carbons (Fsp3) is 0.375. The Bertz CT molecular complexity index is 408. The maximum Gasteiger partial charge on any atom is 0.260 e. The van der Waals surface area contributed by atoms with Gasteiger partial charge in [0.1, 0.15) is 0 Å². The summed E-state index contributed by atoms with van der Waals surface area (Å²) in [5.41, 5.74) is 0.788.